The van der Waals surface area contributed by atoms with Gasteiger partial charge in [-0.1, -0.05) is 0 Å². The summed E-state index contributed by atoms with van der Waals surface area (Å²) in [6.07, 6.45) is 1.49. The summed E-state index contributed by atoms with van der Waals surface area (Å²) in [7, 11) is 0. The predicted molar refractivity (Wildman–Crippen MR) is 63.8 cm³/mol. The zero-order chi connectivity index (χ0) is 12.5. The minimum Gasteiger partial charge on any atom is -0.454 e. The summed E-state index contributed by atoms with van der Waals surface area (Å²) in [6.45, 7) is 2.01. The van der Waals surface area contributed by atoms with Crippen LogP contribution in [0, 0.1) is 6.92 Å². The highest BCUT2D eigenvalue weighted by Gasteiger charge is 2.16. The number of nitrogens with zero attached hydrogens (tertiary/aromatic N) is 1. The van der Waals surface area contributed by atoms with Crippen LogP contribution in [0.4, 0.5) is 5.69 Å². The number of rotatable bonds is 2. The van der Waals surface area contributed by atoms with E-state index in [4.69, 9.17) is 9.47 Å². The van der Waals surface area contributed by atoms with Gasteiger partial charge in [-0.3, -0.25) is 4.79 Å². The molecule has 0 radical (unpaired) electrons. The molecule has 0 fully saturated rings. The van der Waals surface area contributed by atoms with Crippen molar-refractivity contribution in [3.63, 3.8) is 0 Å². The lowest BCUT2D eigenvalue weighted by molar-refractivity contribution is 0.102. The van der Waals surface area contributed by atoms with E-state index in [1.807, 2.05) is 0 Å². The number of hydrogen-bond acceptors (Lipinski definition) is 4. The Kier molecular flexibility index (Phi) is 2.40. The van der Waals surface area contributed by atoms with Crippen molar-refractivity contribution in [3.05, 3.63) is 35.9 Å². The molecule has 92 valence electrons. The molecule has 2 heterocycles. The first kappa shape index (κ1) is 10.6. The fraction of sp³-hybridized carbons (Fsp3) is 0.167. The molecule has 0 bridgehead atoms. The maximum Gasteiger partial charge on any atom is 0.276 e. The van der Waals surface area contributed by atoms with Gasteiger partial charge in [-0.05, 0) is 19.1 Å². The second kappa shape index (κ2) is 4.06. The highest BCUT2D eigenvalue weighted by Crippen LogP contribution is 2.34. The van der Waals surface area contributed by atoms with Crippen LogP contribution in [0.15, 0.2) is 24.5 Å². The van der Waals surface area contributed by atoms with E-state index >= 15 is 0 Å². The Morgan fingerprint density at radius 1 is 1.39 bits per heavy atom. The number of amides is 1. The molecule has 2 aromatic rings. The third-order valence-corrected chi connectivity index (χ3v) is 2.68. The lowest BCUT2D eigenvalue weighted by atomic mass is 10.2. The molecule has 3 rings (SSSR count). The molecule has 6 nitrogen and oxygen atoms in total. The van der Waals surface area contributed by atoms with Crippen LogP contribution < -0.4 is 14.8 Å². The first-order chi connectivity index (χ1) is 8.74. The van der Waals surface area contributed by atoms with Crippen LogP contribution in [-0.4, -0.2) is 22.7 Å². The zero-order valence-corrected chi connectivity index (χ0v) is 9.69. The fourth-order valence-electron chi connectivity index (χ4n) is 1.75. The molecule has 2 N–H and O–H groups in total. The van der Waals surface area contributed by atoms with E-state index in [0.717, 1.165) is 5.69 Å². The van der Waals surface area contributed by atoms with Crippen molar-refractivity contribution < 1.29 is 14.3 Å². The molecule has 1 aliphatic heterocycles. The Balaban J connectivity index is 1.81. The van der Waals surface area contributed by atoms with E-state index in [1.54, 1.807) is 25.1 Å². The molecule has 6 heteroatoms. The van der Waals surface area contributed by atoms with E-state index in [0.29, 0.717) is 22.9 Å². The first-order valence-electron chi connectivity index (χ1n) is 5.45. The number of carbonyl (C=O) groups excluding carboxylic acids is 1. The zero-order valence-electron chi connectivity index (χ0n) is 9.69. The molecule has 0 aliphatic carbocycles. The van der Waals surface area contributed by atoms with Gasteiger partial charge in [0.15, 0.2) is 11.5 Å². The summed E-state index contributed by atoms with van der Waals surface area (Å²) < 4.78 is 10.4. The van der Waals surface area contributed by atoms with Gasteiger partial charge in [-0.25, -0.2) is 4.98 Å². The topological polar surface area (TPSA) is 76.2 Å². The Morgan fingerprint density at radius 2 is 2.22 bits per heavy atom. The smallest absolute Gasteiger partial charge is 0.276 e. The van der Waals surface area contributed by atoms with Gasteiger partial charge >= 0.3 is 0 Å². The second-order valence-corrected chi connectivity index (χ2v) is 3.90. The molecule has 1 aliphatic rings. The van der Waals surface area contributed by atoms with Crippen LogP contribution in [0.5, 0.6) is 11.5 Å². The quantitative estimate of drug-likeness (QED) is 0.844. The average Bonchev–Trinajstić information content (AvgIpc) is 2.96. The van der Waals surface area contributed by atoms with Gasteiger partial charge < -0.3 is 19.8 Å². The van der Waals surface area contributed by atoms with Crippen LogP contribution in [-0.2, 0) is 0 Å². The van der Waals surface area contributed by atoms with Crippen LogP contribution in [0.25, 0.3) is 0 Å². The molecular weight excluding hydrogens is 234 g/mol. The lowest BCUT2D eigenvalue weighted by Gasteiger charge is -2.04. The molecule has 18 heavy (non-hydrogen) atoms. The Labute approximate surface area is 103 Å². The third kappa shape index (κ3) is 1.77. The molecule has 1 amide bonds. The van der Waals surface area contributed by atoms with Crippen molar-refractivity contribution >= 4 is 11.6 Å². The summed E-state index contributed by atoms with van der Waals surface area (Å²) in [4.78, 5) is 18.8. The minimum atomic E-state index is -0.257. The van der Waals surface area contributed by atoms with Crippen LogP contribution >= 0.6 is 0 Å². The molecular formula is C12H11N3O3. The van der Waals surface area contributed by atoms with Crippen molar-refractivity contribution in [1.82, 2.24) is 9.97 Å². The van der Waals surface area contributed by atoms with Crippen molar-refractivity contribution in [3.8, 4) is 11.5 Å². The van der Waals surface area contributed by atoms with Crippen molar-refractivity contribution in [1.29, 1.82) is 0 Å². The van der Waals surface area contributed by atoms with Crippen molar-refractivity contribution in [2.24, 2.45) is 0 Å². The van der Waals surface area contributed by atoms with Crippen molar-refractivity contribution in [2.75, 3.05) is 12.1 Å². The largest absolute Gasteiger partial charge is 0.454 e. The maximum atomic E-state index is 11.9. The normalized spacial score (nSPS) is 12.5. The molecule has 1 aromatic carbocycles. The van der Waals surface area contributed by atoms with E-state index < -0.39 is 0 Å². The number of aromatic amines is 1. The van der Waals surface area contributed by atoms with Gasteiger partial charge in [-0.15, -0.1) is 0 Å². The number of fused-ring (bicyclic) bond motifs is 1. The monoisotopic (exact) mass is 245 g/mol. The maximum absolute atomic E-state index is 11.9. The lowest BCUT2D eigenvalue weighted by Crippen LogP contribution is -2.13. The summed E-state index contributed by atoms with van der Waals surface area (Å²) in [6, 6.07) is 5.24. The number of imidazole rings is 1. The summed E-state index contributed by atoms with van der Waals surface area (Å²) in [5, 5.41) is 2.76. The second-order valence-electron chi connectivity index (χ2n) is 3.90. The van der Waals surface area contributed by atoms with Crippen LogP contribution in [0.3, 0.4) is 0 Å². The standard InChI is InChI=1S/C12H11N3O3/c1-7-11(14-5-13-7)12(16)15-8-2-3-9-10(4-8)18-6-17-9/h2-5H,6H2,1H3,(H,13,14)(H,15,16). The van der Waals surface area contributed by atoms with Crippen LogP contribution in [0.1, 0.15) is 16.2 Å². The summed E-state index contributed by atoms with van der Waals surface area (Å²) >= 11 is 0. The first-order valence-corrected chi connectivity index (χ1v) is 5.45. The third-order valence-electron chi connectivity index (χ3n) is 2.68. The predicted octanol–water partition coefficient (Wildman–Crippen LogP) is 1.70. The van der Waals surface area contributed by atoms with Gasteiger partial charge in [0.1, 0.15) is 5.69 Å². The Morgan fingerprint density at radius 3 is 3.00 bits per heavy atom. The summed E-state index contributed by atoms with van der Waals surface area (Å²) in [5.74, 6) is 1.06. The minimum absolute atomic E-state index is 0.213. The molecule has 0 atom stereocenters. The molecule has 0 unspecified atom stereocenters. The van der Waals surface area contributed by atoms with Gasteiger partial charge in [0, 0.05) is 17.4 Å². The Hall–Kier alpha value is -2.50. The molecule has 0 spiro atoms. The number of H-pyrrole nitrogens is 1. The number of aromatic nitrogens is 2. The van der Waals surface area contributed by atoms with E-state index in [-0.39, 0.29) is 12.7 Å². The van der Waals surface area contributed by atoms with Gasteiger partial charge in [0.25, 0.3) is 5.91 Å². The molecule has 1 aromatic heterocycles. The fourth-order valence-corrected chi connectivity index (χ4v) is 1.75. The average molecular weight is 245 g/mol. The number of anilines is 1. The number of ether oxygens (including phenoxy) is 2. The van der Waals surface area contributed by atoms with Crippen molar-refractivity contribution in [2.45, 2.75) is 6.92 Å². The van der Waals surface area contributed by atoms with E-state index in [2.05, 4.69) is 15.3 Å². The highest BCUT2D eigenvalue weighted by molar-refractivity contribution is 6.03. The van der Waals surface area contributed by atoms with E-state index in [1.165, 1.54) is 6.33 Å². The molecule has 0 saturated heterocycles. The highest BCUT2D eigenvalue weighted by atomic mass is 16.7. The van der Waals surface area contributed by atoms with Gasteiger partial charge in [-0.2, -0.15) is 0 Å². The number of hydrogen-bond donors (Lipinski definition) is 2. The van der Waals surface area contributed by atoms with Gasteiger partial charge in [0.05, 0.1) is 6.33 Å². The number of nitrogens with one attached hydrogen (secondary N) is 2. The number of benzene rings is 1. The summed E-state index contributed by atoms with van der Waals surface area (Å²) in [5.41, 5.74) is 1.76. The molecule has 0 saturated carbocycles. The number of carbonyl (C=O) groups is 1. The number of aryl methyl sites for hydroxylation is 1. The Bertz CT molecular complexity index is 606. The van der Waals surface area contributed by atoms with Crippen LogP contribution in [0.2, 0.25) is 0 Å². The SMILES string of the molecule is Cc1[nH]cnc1C(=O)Nc1ccc2c(c1)OCO2. The van der Waals surface area contributed by atoms with Gasteiger partial charge in [0.2, 0.25) is 6.79 Å². The van der Waals surface area contributed by atoms with E-state index in [9.17, 15) is 4.79 Å².